The summed E-state index contributed by atoms with van der Waals surface area (Å²) in [4.78, 5) is 27.2. The number of hydrogen-bond acceptors (Lipinski definition) is 4. The number of anilines is 1. The molecule has 1 unspecified atom stereocenters. The molecular weight excluding hydrogens is 423 g/mol. The molecule has 9 heteroatoms. The Hall–Kier alpha value is -2.00. The van der Waals surface area contributed by atoms with Gasteiger partial charge in [-0.05, 0) is 68.6 Å². The number of likely N-dealkylation sites (tertiary alicyclic amines) is 1. The van der Waals surface area contributed by atoms with E-state index in [1.54, 1.807) is 12.1 Å². The van der Waals surface area contributed by atoms with Crippen molar-refractivity contribution in [1.29, 1.82) is 0 Å². The maximum absolute atomic E-state index is 15.1. The Morgan fingerprint density at radius 1 is 1.16 bits per heavy atom. The number of amides is 2. The van der Waals surface area contributed by atoms with Crippen LogP contribution in [0, 0.1) is 11.2 Å². The van der Waals surface area contributed by atoms with Gasteiger partial charge < -0.3 is 14.9 Å². The number of halogens is 1. The van der Waals surface area contributed by atoms with Crippen molar-refractivity contribution in [2.24, 2.45) is 5.41 Å². The van der Waals surface area contributed by atoms with Gasteiger partial charge in [-0.1, -0.05) is 6.07 Å². The Balaban J connectivity index is 1.42. The van der Waals surface area contributed by atoms with Crippen molar-refractivity contribution in [3.05, 3.63) is 29.6 Å². The SMILES string of the molecule is CS(=O)OC1CCC(c2ccc(N3CCC4(CCN(C(=O)O)CC4)C3=O)c(F)c2)CC1. The molecule has 2 amide bonds. The summed E-state index contributed by atoms with van der Waals surface area (Å²) in [5.41, 5.74) is 0.660. The van der Waals surface area contributed by atoms with Gasteiger partial charge in [-0.2, -0.15) is 0 Å². The predicted octanol–water partition coefficient (Wildman–Crippen LogP) is 3.66. The van der Waals surface area contributed by atoms with E-state index < -0.39 is 22.6 Å². The zero-order valence-corrected chi connectivity index (χ0v) is 18.5. The average Bonchev–Trinajstić information content (AvgIpc) is 3.04. The van der Waals surface area contributed by atoms with Gasteiger partial charge in [0.2, 0.25) is 5.91 Å². The second kappa shape index (κ2) is 8.86. The van der Waals surface area contributed by atoms with E-state index in [2.05, 4.69) is 0 Å². The monoisotopic (exact) mass is 452 g/mol. The Morgan fingerprint density at radius 3 is 2.39 bits per heavy atom. The first-order valence-electron chi connectivity index (χ1n) is 10.9. The molecule has 4 rings (SSSR count). The minimum Gasteiger partial charge on any atom is -0.465 e. The minimum atomic E-state index is -1.27. The summed E-state index contributed by atoms with van der Waals surface area (Å²) in [6, 6.07) is 5.16. The summed E-state index contributed by atoms with van der Waals surface area (Å²) >= 11 is -1.27. The fraction of sp³-hybridized carbons (Fsp3) is 0.636. The van der Waals surface area contributed by atoms with Crippen LogP contribution in [0.5, 0.6) is 0 Å². The third kappa shape index (κ3) is 4.48. The molecule has 1 spiro atoms. The number of rotatable bonds is 4. The molecule has 0 radical (unpaired) electrons. The first-order valence-corrected chi connectivity index (χ1v) is 12.4. The van der Waals surface area contributed by atoms with Crippen LogP contribution in [0.1, 0.15) is 56.4 Å². The topological polar surface area (TPSA) is 87.2 Å². The number of carbonyl (C=O) groups is 2. The second-order valence-electron chi connectivity index (χ2n) is 8.94. The van der Waals surface area contributed by atoms with E-state index in [4.69, 9.17) is 9.29 Å². The van der Waals surface area contributed by atoms with Crippen LogP contribution in [-0.4, -0.2) is 58.2 Å². The van der Waals surface area contributed by atoms with Crippen molar-refractivity contribution in [2.45, 2.75) is 57.0 Å². The van der Waals surface area contributed by atoms with Gasteiger partial charge in [-0.15, -0.1) is 0 Å². The fourth-order valence-electron chi connectivity index (χ4n) is 5.32. The summed E-state index contributed by atoms with van der Waals surface area (Å²) in [5, 5.41) is 9.15. The largest absolute Gasteiger partial charge is 0.465 e. The molecule has 1 aromatic carbocycles. The van der Waals surface area contributed by atoms with Gasteiger partial charge >= 0.3 is 6.09 Å². The Labute approximate surface area is 184 Å². The number of benzene rings is 1. The third-order valence-electron chi connectivity index (χ3n) is 7.18. The Morgan fingerprint density at radius 2 is 1.81 bits per heavy atom. The molecule has 2 saturated heterocycles. The lowest BCUT2D eigenvalue weighted by Gasteiger charge is -2.36. The molecule has 1 N–H and O–H groups in total. The fourth-order valence-corrected chi connectivity index (χ4v) is 5.90. The van der Waals surface area contributed by atoms with Gasteiger partial charge in [0, 0.05) is 25.9 Å². The highest BCUT2D eigenvalue weighted by Crippen LogP contribution is 2.44. The zero-order valence-electron chi connectivity index (χ0n) is 17.7. The normalized spacial score (nSPS) is 27.0. The number of carbonyl (C=O) groups excluding carboxylic acids is 1. The van der Waals surface area contributed by atoms with Gasteiger partial charge in [0.1, 0.15) is 5.82 Å². The number of hydrogen-bond donors (Lipinski definition) is 1. The summed E-state index contributed by atoms with van der Waals surface area (Å²) < 4.78 is 31.7. The van der Waals surface area contributed by atoms with Crippen molar-refractivity contribution in [3.8, 4) is 0 Å². The van der Waals surface area contributed by atoms with Crippen molar-refractivity contribution >= 4 is 28.8 Å². The molecule has 1 saturated carbocycles. The van der Waals surface area contributed by atoms with Crippen LogP contribution in [0.2, 0.25) is 0 Å². The van der Waals surface area contributed by atoms with E-state index in [1.807, 2.05) is 6.07 Å². The minimum absolute atomic E-state index is 0.00263. The molecule has 2 aliphatic heterocycles. The lowest BCUT2D eigenvalue weighted by atomic mass is 9.77. The van der Waals surface area contributed by atoms with Gasteiger partial charge in [-0.3, -0.25) is 8.98 Å². The van der Waals surface area contributed by atoms with Crippen molar-refractivity contribution < 1.29 is 27.5 Å². The quantitative estimate of drug-likeness (QED) is 0.753. The van der Waals surface area contributed by atoms with Gasteiger partial charge in [0.05, 0.1) is 17.2 Å². The molecule has 0 aromatic heterocycles. The van der Waals surface area contributed by atoms with Crippen LogP contribution in [0.3, 0.4) is 0 Å². The van der Waals surface area contributed by atoms with E-state index in [9.17, 15) is 13.8 Å². The second-order valence-corrected chi connectivity index (χ2v) is 9.93. The van der Waals surface area contributed by atoms with Crippen LogP contribution < -0.4 is 4.90 Å². The Kier molecular flexibility index (Phi) is 6.35. The maximum atomic E-state index is 15.1. The standard InChI is InChI=1S/C22H29FN2O5S/c1-31(29)30-17-5-2-15(3-6-17)16-4-7-19(18(23)14-16)25-13-10-22(20(25)26)8-11-24(12-9-22)21(27)28/h4,7,14-15,17H,2-3,5-6,8-13H2,1H3,(H,27,28). The highest BCUT2D eigenvalue weighted by Gasteiger charge is 2.49. The molecule has 3 fully saturated rings. The number of piperidine rings is 1. The highest BCUT2D eigenvalue weighted by molar-refractivity contribution is 7.79. The molecule has 3 aliphatic rings. The van der Waals surface area contributed by atoms with Crippen molar-refractivity contribution in [1.82, 2.24) is 4.90 Å². The Bertz CT molecular complexity index is 879. The van der Waals surface area contributed by atoms with E-state index in [0.717, 1.165) is 31.2 Å². The first-order chi connectivity index (χ1) is 14.8. The number of nitrogens with zero attached hydrogens (tertiary/aromatic N) is 2. The van der Waals surface area contributed by atoms with E-state index in [1.165, 1.54) is 16.1 Å². The molecule has 1 aromatic rings. The highest BCUT2D eigenvalue weighted by atomic mass is 32.2. The zero-order chi connectivity index (χ0) is 22.2. The lowest BCUT2D eigenvalue weighted by Crippen LogP contribution is -2.46. The average molecular weight is 453 g/mol. The van der Waals surface area contributed by atoms with Crippen LogP contribution in [0.15, 0.2) is 18.2 Å². The van der Waals surface area contributed by atoms with Gasteiger partial charge in [-0.25, -0.2) is 13.4 Å². The summed E-state index contributed by atoms with van der Waals surface area (Å²) in [5.74, 6) is -0.247. The van der Waals surface area contributed by atoms with E-state index in [-0.39, 0.29) is 23.7 Å². The lowest BCUT2D eigenvalue weighted by molar-refractivity contribution is -0.127. The maximum Gasteiger partial charge on any atom is 0.407 e. The summed E-state index contributed by atoms with van der Waals surface area (Å²) in [6.07, 6.45) is 5.48. The van der Waals surface area contributed by atoms with Crippen molar-refractivity contribution in [2.75, 3.05) is 30.8 Å². The molecule has 7 nitrogen and oxygen atoms in total. The van der Waals surface area contributed by atoms with Crippen LogP contribution >= 0.6 is 0 Å². The molecule has 0 bridgehead atoms. The van der Waals surface area contributed by atoms with Gasteiger partial charge in [0.15, 0.2) is 11.1 Å². The summed E-state index contributed by atoms with van der Waals surface area (Å²) in [7, 11) is 0. The molecule has 170 valence electrons. The molecule has 31 heavy (non-hydrogen) atoms. The smallest absolute Gasteiger partial charge is 0.407 e. The molecule has 2 heterocycles. The van der Waals surface area contributed by atoms with E-state index >= 15 is 4.39 Å². The van der Waals surface area contributed by atoms with Crippen LogP contribution in [-0.2, 0) is 20.1 Å². The van der Waals surface area contributed by atoms with E-state index in [0.29, 0.717) is 44.6 Å². The van der Waals surface area contributed by atoms with Crippen LogP contribution in [0.25, 0.3) is 0 Å². The van der Waals surface area contributed by atoms with Crippen LogP contribution in [0.4, 0.5) is 14.9 Å². The molecular formula is C22H29FN2O5S. The third-order valence-corrected chi connectivity index (χ3v) is 7.73. The molecule has 1 atom stereocenters. The van der Waals surface area contributed by atoms with Crippen molar-refractivity contribution in [3.63, 3.8) is 0 Å². The predicted molar refractivity (Wildman–Crippen MR) is 115 cm³/mol. The number of carboxylic acid groups (broad SMARTS) is 1. The molecule has 1 aliphatic carbocycles. The first kappa shape index (κ1) is 22.2. The summed E-state index contributed by atoms with van der Waals surface area (Å²) in [6.45, 7) is 1.14. The van der Waals surface area contributed by atoms with Gasteiger partial charge in [0.25, 0.3) is 0 Å².